The van der Waals surface area contributed by atoms with Crippen LogP contribution in [0.5, 0.6) is 0 Å². The summed E-state index contributed by atoms with van der Waals surface area (Å²) in [7, 11) is 0. The lowest BCUT2D eigenvalue weighted by atomic mass is 10.1. The SMILES string of the molecule is CCOC(=O)c1c(Cl)ccc(CCl)c1Cl. The third-order valence-corrected chi connectivity index (χ3v) is 2.83. The molecule has 0 fully saturated rings. The van der Waals surface area contributed by atoms with Crippen molar-refractivity contribution in [3.63, 3.8) is 0 Å². The Kier molecular flexibility index (Phi) is 4.71. The number of carbonyl (C=O) groups excluding carboxylic acids is 1. The number of benzene rings is 1. The van der Waals surface area contributed by atoms with Gasteiger partial charge in [-0.1, -0.05) is 29.3 Å². The number of hydrogen-bond acceptors (Lipinski definition) is 2. The Morgan fingerprint density at radius 1 is 1.40 bits per heavy atom. The molecule has 0 aromatic heterocycles. The monoisotopic (exact) mass is 266 g/mol. The van der Waals surface area contributed by atoms with Crippen molar-refractivity contribution in [2.45, 2.75) is 12.8 Å². The molecule has 82 valence electrons. The Morgan fingerprint density at radius 3 is 2.60 bits per heavy atom. The van der Waals surface area contributed by atoms with Gasteiger partial charge in [-0.15, -0.1) is 11.6 Å². The number of alkyl halides is 1. The van der Waals surface area contributed by atoms with Crippen LogP contribution in [0, 0.1) is 0 Å². The second-order valence-corrected chi connectivity index (χ2v) is 3.80. The lowest BCUT2D eigenvalue weighted by Crippen LogP contribution is -2.07. The summed E-state index contributed by atoms with van der Waals surface area (Å²) in [6.07, 6.45) is 0. The van der Waals surface area contributed by atoms with Gasteiger partial charge in [-0.3, -0.25) is 0 Å². The van der Waals surface area contributed by atoms with Crippen molar-refractivity contribution in [3.05, 3.63) is 33.3 Å². The summed E-state index contributed by atoms with van der Waals surface area (Å²) >= 11 is 17.5. The largest absolute Gasteiger partial charge is 0.462 e. The van der Waals surface area contributed by atoms with E-state index in [4.69, 9.17) is 39.5 Å². The number of carbonyl (C=O) groups is 1. The number of rotatable bonds is 3. The van der Waals surface area contributed by atoms with Crippen LogP contribution < -0.4 is 0 Å². The maximum absolute atomic E-state index is 11.5. The molecule has 0 atom stereocenters. The average molecular weight is 268 g/mol. The first-order valence-corrected chi connectivity index (χ1v) is 5.60. The van der Waals surface area contributed by atoms with Crippen LogP contribution in [0.15, 0.2) is 12.1 Å². The summed E-state index contributed by atoms with van der Waals surface area (Å²) < 4.78 is 4.84. The highest BCUT2D eigenvalue weighted by Gasteiger charge is 2.18. The normalized spacial score (nSPS) is 10.1. The van der Waals surface area contributed by atoms with Gasteiger partial charge in [-0.05, 0) is 18.6 Å². The lowest BCUT2D eigenvalue weighted by Gasteiger charge is -2.08. The highest BCUT2D eigenvalue weighted by molar-refractivity contribution is 6.40. The standard InChI is InChI=1S/C10H9Cl3O2/c1-2-15-10(14)8-7(12)4-3-6(5-11)9(8)13/h3-4H,2,5H2,1H3. The van der Waals surface area contributed by atoms with Crippen molar-refractivity contribution in [2.75, 3.05) is 6.61 Å². The van der Waals surface area contributed by atoms with Crippen molar-refractivity contribution in [1.29, 1.82) is 0 Å². The van der Waals surface area contributed by atoms with E-state index in [1.165, 1.54) is 0 Å². The van der Waals surface area contributed by atoms with Gasteiger partial charge in [-0.2, -0.15) is 0 Å². The number of halogens is 3. The van der Waals surface area contributed by atoms with Gasteiger partial charge in [0, 0.05) is 5.88 Å². The van der Waals surface area contributed by atoms with Crippen molar-refractivity contribution >= 4 is 40.8 Å². The molecular formula is C10H9Cl3O2. The zero-order chi connectivity index (χ0) is 11.4. The predicted molar refractivity (Wildman–Crippen MR) is 62.0 cm³/mol. The first-order valence-electron chi connectivity index (χ1n) is 4.31. The quantitative estimate of drug-likeness (QED) is 0.613. The Balaban J connectivity index is 3.20. The van der Waals surface area contributed by atoms with E-state index < -0.39 is 5.97 Å². The molecule has 0 spiro atoms. The minimum absolute atomic E-state index is 0.179. The number of esters is 1. The molecule has 1 aromatic carbocycles. The molecule has 5 heteroatoms. The summed E-state index contributed by atoms with van der Waals surface area (Å²) in [5, 5.41) is 0.531. The van der Waals surface area contributed by atoms with E-state index in [0.717, 1.165) is 0 Å². The molecule has 2 nitrogen and oxygen atoms in total. The fraction of sp³-hybridized carbons (Fsp3) is 0.300. The predicted octanol–water partition coefficient (Wildman–Crippen LogP) is 3.91. The molecular weight excluding hydrogens is 258 g/mol. The Morgan fingerprint density at radius 2 is 2.07 bits per heavy atom. The fourth-order valence-corrected chi connectivity index (χ4v) is 1.97. The Hall–Kier alpha value is -0.440. The molecule has 0 unspecified atom stereocenters. The molecule has 15 heavy (non-hydrogen) atoms. The average Bonchev–Trinajstić information content (AvgIpc) is 2.18. The molecule has 0 aliphatic carbocycles. The van der Waals surface area contributed by atoms with E-state index in [-0.39, 0.29) is 28.1 Å². The van der Waals surface area contributed by atoms with Crippen molar-refractivity contribution < 1.29 is 9.53 Å². The van der Waals surface area contributed by atoms with E-state index >= 15 is 0 Å². The van der Waals surface area contributed by atoms with Crippen LogP contribution in [0.3, 0.4) is 0 Å². The second kappa shape index (κ2) is 5.59. The topological polar surface area (TPSA) is 26.3 Å². The van der Waals surface area contributed by atoms with Gasteiger partial charge in [0.05, 0.1) is 22.2 Å². The minimum Gasteiger partial charge on any atom is -0.462 e. The first kappa shape index (κ1) is 12.6. The van der Waals surface area contributed by atoms with Gasteiger partial charge in [0.25, 0.3) is 0 Å². The van der Waals surface area contributed by atoms with Gasteiger partial charge >= 0.3 is 5.97 Å². The van der Waals surface area contributed by atoms with Crippen LogP contribution in [0.4, 0.5) is 0 Å². The summed E-state index contributed by atoms with van der Waals surface area (Å²) in [5.41, 5.74) is 0.837. The molecule has 0 saturated heterocycles. The maximum Gasteiger partial charge on any atom is 0.341 e. The van der Waals surface area contributed by atoms with E-state index in [0.29, 0.717) is 5.56 Å². The van der Waals surface area contributed by atoms with Crippen LogP contribution >= 0.6 is 34.8 Å². The third kappa shape index (κ3) is 2.77. The zero-order valence-electron chi connectivity index (χ0n) is 8.02. The van der Waals surface area contributed by atoms with Gasteiger partial charge in [0.1, 0.15) is 0 Å². The molecule has 0 saturated carbocycles. The number of hydrogen-bond donors (Lipinski definition) is 0. The fourth-order valence-electron chi connectivity index (χ4n) is 1.09. The molecule has 0 heterocycles. The van der Waals surface area contributed by atoms with Crippen molar-refractivity contribution in [1.82, 2.24) is 0 Å². The molecule has 0 aliphatic rings. The highest BCUT2D eigenvalue weighted by atomic mass is 35.5. The van der Waals surface area contributed by atoms with Crippen molar-refractivity contribution in [3.8, 4) is 0 Å². The molecule has 0 radical (unpaired) electrons. The van der Waals surface area contributed by atoms with E-state index in [9.17, 15) is 4.79 Å². The lowest BCUT2D eigenvalue weighted by molar-refractivity contribution is 0.0526. The van der Waals surface area contributed by atoms with Crippen LogP contribution in [0.1, 0.15) is 22.8 Å². The Bertz CT molecular complexity index is 377. The van der Waals surface area contributed by atoms with Crippen LogP contribution in [-0.2, 0) is 10.6 Å². The molecule has 1 rings (SSSR count). The molecule has 0 N–H and O–H groups in total. The van der Waals surface area contributed by atoms with Gasteiger partial charge < -0.3 is 4.74 Å². The smallest absolute Gasteiger partial charge is 0.341 e. The molecule has 0 amide bonds. The molecule has 0 aliphatic heterocycles. The molecule has 0 bridgehead atoms. The van der Waals surface area contributed by atoms with Gasteiger partial charge in [0.2, 0.25) is 0 Å². The van der Waals surface area contributed by atoms with Gasteiger partial charge in [0.15, 0.2) is 0 Å². The first-order chi connectivity index (χ1) is 7.11. The summed E-state index contributed by atoms with van der Waals surface area (Å²) in [6, 6.07) is 3.26. The highest BCUT2D eigenvalue weighted by Crippen LogP contribution is 2.29. The van der Waals surface area contributed by atoms with Crippen LogP contribution in [0.25, 0.3) is 0 Å². The Labute approximate surface area is 103 Å². The van der Waals surface area contributed by atoms with Crippen LogP contribution in [0.2, 0.25) is 10.0 Å². The zero-order valence-corrected chi connectivity index (χ0v) is 10.3. The van der Waals surface area contributed by atoms with Gasteiger partial charge in [-0.25, -0.2) is 4.79 Å². The van der Waals surface area contributed by atoms with E-state index in [2.05, 4.69) is 0 Å². The summed E-state index contributed by atoms with van der Waals surface area (Å²) in [6.45, 7) is 1.99. The second-order valence-electron chi connectivity index (χ2n) is 2.75. The van der Waals surface area contributed by atoms with Crippen molar-refractivity contribution in [2.24, 2.45) is 0 Å². The summed E-state index contributed by atoms with van der Waals surface area (Å²) in [5.74, 6) is -0.304. The van der Waals surface area contributed by atoms with Crippen LogP contribution in [-0.4, -0.2) is 12.6 Å². The molecule has 1 aromatic rings. The number of ether oxygens (including phenoxy) is 1. The maximum atomic E-state index is 11.5. The summed E-state index contributed by atoms with van der Waals surface area (Å²) in [4.78, 5) is 11.5. The van der Waals surface area contributed by atoms with E-state index in [1.807, 2.05) is 0 Å². The minimum atomic E-state index is -0.528. The van der Waals surface area contributed by atoms with E-state index in [1.54, 1.807) is 19.1 Å². The third-order valence-electron chi connectivity index (χ3n) is 1.79.